The van der Waals surface area contributed by atoms with E-state index in [0.717, 1.165) is 0 Å². The molecule has 0 aliphatic heterocycles. The lowest BCUT2D eigenvalue weighted by atomic mass is 10.3. The number of benzene rings is 1. The molecular formula is C18H23N3O6S2. The summed E-state index contributed by atoms with van der Waals surface area (Å²) in [6.07, 6.45) is 0. The van der Waals surface area contributed by atoms with Crippen LogP contribution in [0.4, 0.5) is 5.69 Å². The van der Waals surface area contributed by atoms with Gasteiger partial charge in [-0.1, -0.05) is 19.9 Å². The van der Waals surface area contributed by atoms with Gasteiger partial charge in [0.05, 0.1) is 11.5 Å². The van der Waals surface area contributed by atoms with Gasteiger partial charge < -0.3 is 14.8 Å². The Morgan fingerprint density at radius 2 is 1.97 bits per heavy atom. The number of thiazole rings is 1. The summed E-state index contributed by atoms with van der Waals surface area (Å²) in [5, 5.41) is 4.67. The van der Waals surface area contributed by atoms with Crippen LogP contribution in [0.15, 0.2) is 34.5 Å². The van der Waals surface area contributed by atoms with Gasteiger partial charge in [-0.2, -0.15) is 4.31 Å². The molecule has 2 rings (SSSR count). The minimum absolute atomic E-state index is 0.0733. The molecule has 1 amide bonds. The number of aromatic nitrogens is 1. The Morgan fingerprint density at radius 1 is 1.24 bits per heavy atom. The van der Waals surface area contributed by atoms with E-state index in [1.807, 2.05) is 0 Å². The third-order valence-corrected chi connectivity index (χ3v) is 6.69. The van der Waals surface area contributed by atoms with E-state index in [1.165, 1.54) is 46.3 Å². The lowest BCUT2D eigenvalue weighted by Gasteiger charge is -2.18. The number of anilines is 1. The number of sulfonamides is 1. The average Bonchev–Trinajstić information content (AvgIpc) is 3.16. The highest BCUT2D eigenvalue weighted by atomic mass is 32.2. The quantitative estimate of drug-likeness (QED) is 0.562. The molecule has 0 unspecified atom stereocenters. The molecule has 1 heterocycles. The van der Waals surface area contributed by atoms with E-state index in [2.05, 4.69) is 10.3 Å². The summed E-state index contributed by atoms with van der Waals surface area (Å²) in [7, 11) is -2.12. The first-order valence-electron chi connectivity index (χ1n) is 8.82. The number of nitrogens with zero attached hydrogens (tertiary/aromatic N) is 2. The highest BCUT2D eigenvalue weighted by Gasteiger charge is 2.22. The molecule has 11 heteroatoms. The maximum Gasteiger partial charge on any atom is 0.358 e. The number of amides is 1. The predicted molar refractivity (Wildman–Crippen MR) is 108 cm³/mol. The van der Waals surface area contributed by atoms with Gasteiger partial charge in [-0.3, -0.25) is 4.79 Å². The predicted octanol–water partition coefficient (Wildman–Crippen LogP) is 2.12. The zero-order valence-electron chi connectivity index (χ0n) is 16.4. The molecule has 0 spiro atoms. The summed E-state index contributed by atoms with van der Waals surface area (Å²) in [6, 6.07) is 5.91. The zero-order chi connectivity index (χ0) is 21.4. The first-order valence-corrected chi connectivity index (χ1v) is 11.1. The Balaban J connectivity index is 1.97. The van der Waals surface area contributed by atoms with Crippen molar-refractivity contribution in [2.75, 3.05) is 32.1 Å². The van der Waals surface area contributed by atoms with Crippen LogP contribution < -0.4 is 5.32 Å². The lowest BCUT2D eigenvalue weighted by molar-refractivity contribution is -0.119. The van der Waals surface area contributed by atoms with Gasteiger partial charge in [0.25, 0.3) is 5.91 Å². The maximum atomic E-state index is 12.6. The van der Waals surface area contributed by atoms with E-state index in [-0.39, 0.29) is 22.9 Å². The Kier molecular flexibility index (Phi) is 8.26. The van der Waals surface area contributed by atoms with Gasteiger partial charge in [0, 0.05) is 31.3 Å². The van der Waals surface area contributed by atoms with Gasteiger partial charge >= 0.3 is 5.97 Å². The summed E-state index contributed by atoms with van der Waals surface area (Å²) in [6.45, 7) is 3.94. The normalized spacial score (nSPS) is 11.4. The van der Waals surface area contributed by atoms with Crippen molar-refractivity contribution >= 4 is 38.9 Å². The van der Waals surface area contributed by atoms with Crippen molar-refractivity contribution < 1.29 is 27.5 Å². The molecule has 1 aromatic heterocycles. The van der Waals surface area contributed by atoms with Crippen LogP contribution in [-0.2, 0) is 30.9 Å². The van der Waals surface area contributed by atoms with E-state index >= 15 is 0 Å². The second-order valence-corrected chi connectivity index (χ2v) is 8.68. The Labute approximate surface area is 173 Å². The minimum Gasteiger partial charge on any atom is -0.451 e. The molecule has 158 valence electrons. The van der Waals surface area contributed by atoms with Crippen LogP contribution in [0, 0.1) is 0 Å². The summed E-state index contributed by atoms with van der Waals surface area (Å²) < 4.78 is 36.4. The minimum atomic E-state index is -3.64. The molecule has 0 radical (unpaired) electrons. The molecule has 29 heavy (non-hydrogen) atoms. The van der Waals surface area contributed by atoms with Crippen LogP contribution >= 0.6 is 11.3 Å². The molecule has 0 fully saturated rings. The number of nitrogens with one attached hydrogen (secondary N) is 1. The van der Waals surface area contributed by atoms with Crippen LogP contribution in [0.5, 0.6) is 0 Å². The van der Waals surface area contributed by atoms with Crippen LogP contribution in [-0.4, -0.2) is 56.4 Å². The number of carbonyl (C=O) groups is 2. The summed E-state index contributed by atoms with van der Waals surface area (Å²) in [5.41, 5.74) is 0.387. The second kappa shape index (κ2) is 10.4. The number of esters is 1. The first kappa shape index (κ1) is 22.9. The smallest absolute Gasteiger partial charge is 0.358 e. The van der Waals surface area contributed by atoms with Crippen molar-refractivity contribution in [3.8, 4) is 0 Å². The van der Waals surface area contributed by atoms with E-state index in [9.17, 15) is 18.0 Å². The average molecular weight is 442 g/mol. The number of methoxy groups -OCH3 is 1. The molecule has 0 atom stereocenters. The van der Waals surface area contributed by atoms with E-state index in [1.54, 1.807) is 19.9 Å². The van der Waals surface area contributed by atoms with E-state index < -0.39 is 28.5 Å². The SMILES string of the molecule is CCN(CC)S(=O)(=O)c1cccc(NC(=O)COC(=O)c2csc(COC)n2)c1. The van der Waals surface area contributed by atoms with Gasteiger partial charge in [0.2, 0.25) is 10.0 Å². The molecule has 0 aliphatic rings. The third kappa shape index (κ3) is 6.07. The molecular weight excluding hydrogens is 418 g/mol. The number of rotatable bonds is 10. The van der Waals surface area contributed by atoms with Crippen molar-refractivity contribution in [3.05, 3.63) is 40.3 Å². The fourth-order valence-electron chi connectivity index (χ4n) is 2.44. The van der Waals surface area contributed by atoms with Crippen molar-refractivity contribution in [2.45, 2.75) is 25.3 Å². The maximum absolute atomic E-state index is 12.6. The van der Waals surface area contributed by atoms with Gasteiger partial charge in [-0.15, -0.1) is 11.3 Å². The first-order chi connectivity index (χ1) is 13.8. The van der Waals surface area contributed by atoms with Gasteiger partial charge in [0.15, 0.2) is 12.3 Å². The number of ether oxygens (including phenoxy) is 2. The topological polar surface area (TPSA) is 115 Å². The molecule has 0 aliphatic carbocycles. The molecule has 1 aromatic carbocycles. The van der Waals surface area contributed by atoms with Crippen molar-refractivity contribution in [1.29, 1.82) is 0 Å². The van der Waals surface area contributed by atoms with Crippen LogP contribution in [0.25, 0.3) is 0 Å². The monoisotopic (exact) mass is 441 g/mol. The fraction of sp³-hybridized carbons (Fsp3) is 0.389. The van der Waals surface area contributed by atoms with Crippen LogP contribution in [0.2, 0.25) is 0 Å². The lowest BCUT2D eigenvalue weighted by Crippen LogP contribution is -2.30. The van der Waals surface area contributed by atoms with Crippen molar-refractivity contribution in [3.63, 3.8) is 0 Å². The molecule has 0 saturated carbocycles. The van der Waals surface area contributed by atoms with Gasteiger partial charge in [-0.25, -0.2) is 18.2 Å². The molecule has 0 saturated heterocycles. The Morgan fingerprint density at radius 3 is 2.62 bits per heavy atom. The van der Waals surface area contributed by atoms with Crippen LogP contribution in [0.3, 0.4) is 0 Å². The summed E-state index contributed by atoms with van der Waals surface area (Å²) in [4.78, 5) is 28.2. The Hall–Kier alpha value is -2.34. The third-order valence-electron chi connectivity index (χ3n) is 3.82. The van der Waals surface area contributed by atoms with Crippen molar-refractivity contribution in [1.82, 2.24) is 9.29 Å². The van der Waals surface area contributed by atoms with E-state index in [0.29, 0.717) is 18.1 Å². The zero-order valence-corrected chi connectivity index (χ0v) is 18.0. The molecule has 1 N–H and O–H groups in total. The number of carbonyl (C=O) groups excluding carboxylic acids is 2. The molecule has 2 aromatic rings. The second-order valence-electron chi connectivity index (χ2n) is 5.80. The number of hydrogen-bond donors (Lipinski definition) is 1. The van der Waals surface area contributed by atoms with Crippen molar-refractivity contribution in [2.24, 2.45) is 0 Å². The summed E-state index contributed by atoms with van der Waals surface area (Å²) in [5.74, 6) is -1.32. The fourth-order valence-corrected chi connectivity index (χ4v) is 4.68. The van der Waals surface area contributed by atoms with Crippen LogP contribution in [0.1, 0.15) is 29.3 Å². The molecule has 0 bridgehead atoms. The number of hydrogen-bond acceptors (Lipinski definition) is 8. The van der Waals surface area contributed by atoms with Gasteiger partial charge in [0.1, 0.15) is 5.01 Å². The summed E-state index contributed by atoms with van der Waals surface area (Å²) >= 11 is 1.25. The standard InChI is InChI=1S/C18H23N3O6S2/c1-4-21(5-2)29(24,25)14-8-6-7-13(9-14)19-16(22)10-27-18(23)15-12-28-17(20-15)11-26-3/h6-9,12H,4-5,10-11H2,1-3H3,(H,19,22). The largest absolute Gasteiger partial charge is 0.451 e. The Bertz CT molecular complexity index is 954. The van der Waals surface area contributed by atoms with E-state index in [4.69, 9.17) is 9.47 Å². The highest BCUT2D eigenvalue weighted by molar-refractivity contribution is 7.89. The highest BCUT2D eigenvalue weighted by Crippen LogP contribution is 2.19. The molecule has 9 nitrogen and oxygen atoms in total. The van der Waals surface area contributed by atoms with Gasteiger partial charge in [-0.05, 0) is 18.2 Å².